The number of piperazine rings is 1. The van der Waals surface area contributed by atoms with Gasteiger partial charge in [-0.25, -0.2) is 9.59 Å². The Labute approximate surface area is 290 Å². The zero-order chi connectivity index (χ0) is 34.6. The smallest absolute Gasteiger partial charge is 0.418 e. The van der Waals surface area contributed by atoms with Crippen LogP contribution in [0.25, 0.3) is 11.0 Å². The number of amides is 2. The van der Waals surface area contributed by atoms with Crippen molar-refractivity contribution in [2.45, 2.75) is 75.0 Å². The summed E-state index contributed by atoms with van der Waals surface area (Å²) in [6.07, 6.45) is -3.25. The molecule has 15 heteroatoms. The first-order valence-electron chi connectivity index (χ1n) is 16.9. The number of anilines is 1. The molecule has 7 rings (SSSR count). The van der Waals surface area contributed by atoms with Gasteiger partial charge in [0.05, 0.1) is 22.3 Å². The van der Waals surface area contributed by atoms with E-state index in [0.717, 1.165) is 43.0 Å². The van der Waals surface area contributed by atoms with Gasteiger partial charge in [0.1, 0.15) is 0 Å². The predicted octanol–water partition coefficient (Wildman–Crippen LogP) is 4.46. The Kier molecular flexibility index (Phi) is 9.20. The van der Waals surface area contributed by atoms with Crippen molar-refractivity contribution in [1.29, 1.82) is 0 Å². The van der Waals surface area contributed by atoms with E-state index in [1.54, 1.807) is 9.47 Å². The van der Waals surface area contributed by atoms with Crippen LogP contribution >= 0.6 is 15.9 Å². The summed E-state index contributed by atoms with van der Waals surface area (Å²) >= 11 is 3.13. The Morgan fingerprint density at radius 1 is 0.980 bits per heavy atom. The maximum Gasteiger partial charge on any atom is 0.418 e. The van der Waals surface area contributed by atoms with Crippen LogP contribution in [0.2, 0.25) is 0 Å². The highest BCUT2D eigenvalue weighted by Gasteiger charge is 2.45. The molecule has 0 saturated carbocycles. The van der Waals surface area contributed by atoms with E-state index in [1.165, 1.54) is 17.4 Å². The number of rotatable bonds is 6. The van der Waals surface area contributed by atoms with E-state index >= 15 is 0 Å². The van der Waals surface area contributed by atoms with Crippen LogP contribution in [-0.2, 0) is 22.1 Å². The topological polar surface area (TPSA) is 120 Å². The Bertz CT molecular complexity index is 1780. The van der Waals surface area contributed by atoms with E-state index in [0.29, 0.717) is 57.1 Å². The molecule has 4 aliphatic rings. The van der Waals surface area contributed by atoms with Crippen LogP contribution < -0.4 is 11.4 Å². The van der Waals surface area contributed by atoms with Gasteiger partial charge in [0, 0.05) is 74.3 Å². The van der Waals surface area contributed by atoms with Crippen molar-refractivity contribution in [2.24, 2.45) is 0 Å². The van der Waals surface area contributed by atoms with Crippen molar-refractivity contribution < 1.29 is 27.5 Å². The molecule has 0 radical (unpaired) electrons. The number of H-pyrrole nitrogens is 1. The number of ether oxygens (including phenoxy) is 1. The lowest BCUT2D eigenvalue weighted by Gasteiger charge is -2.42. The van der Waals surface area contributed by atoms with Gasteiger partial charge >= 0.3 is 18.0 Å². The number of nitrogen functional groups attached to an aromatic ring is 1. The molecule has 4 fully saturated rings. The van der Waals surface area contributed by atoms with Crippen LogP contribution in [0.15, 0.2) is 45.7 Å². The molecule has 1 aromatic heterocycles. The van der Waals surface area contributed by atoms with Crippen molar-refractivity contribution in [1.82, 2.24) is 29.2 Å². The second kappa shape index (κ2) is 13.3. The van der Waals surface area contributed by atoms with Gasteiger partial charge in [0.15, 0.2) is 6.10 Å². The maximum absolute atomic E-state index is 14.0. The number of carbonyl (C=O) groups is 2. The number of para-hydroxylation sites is 2. The van der Waals surface area contributed by atoms with E-state index < -0.39 is 35.5 Å². The standard InChI is InChI=1S/C34H41BrF3N7O4/c1-41-18-24-17-23(41)19-44(24)21-6-10-42(11-7-21)31(46)29(16-20-14-25(34(36,37)38)30(39)26(35)15-20)49-33(48)43-12-8-22(9-13-43)45-28-5-3-2-4-27(28)40-32(45)47/h2-5,14-15,21-24,29H,6-13,16-19,39H2,1H3,(H,40,47)/t23?,24?,29-/m1/s1. The fourth-order valence-corrected chi connectivity index (χ4v) is 8.83. The van der Waals surface area contributed by atoms with Crippen LogP contribution in [0.1, 0.15) is 49.3 Å². The Balaban J connectivity index is 1.05. The monoisotopic (exact) mass is 747 g/mol. The number of aromatic amines is 1. The number of hydrogen-bond acceptors (Lipinski definition) is 7. The number of carbonyl (C=O) groups excluding carboxylic acids is 2. The minimum absolute atomic E-state index is 0.0517. The van der Waals surface area contributed by atoms with Crippen molar-refractivity contribution >= 4 is 44.7 Å². The number of piperidine rings is 2. The third kappa shape index (κ3) is 6.68. The SMILES string of the molecule is CN1CC2CC1CN2C1CCN(C(=O)[C@@H](Cc2cc(Br)c(N)c(C(F)(F)F)c2)OC(=O)N2CCC(n3c(=O)[nH]c4ccccc43)CC2)CC1. The molecular formula is C34H41BrF3N7O4. The second-order valence-corrected chi connectivity index (χ2v) is 14.7. The number of aromatic nitrogens is 2. The van der Waals surface area contributed by atoms with Crippen molar-refractivity contribution in [3.63, 3.8) is 0 Å². The summed E-state index contributed by atoms with van der Waals surface area (Å²) in [5, 5.41) is 0. The molecule has 0 spiro atoms. The Hall–Kier alpha value is -3.56. The van der Waals surface area contributed by atoms with Gasteiger partial charge in [-0.1, -0.05) is 12.1 Å². The summed E-state index contributed by atoms with van der Waals surface area (Å²) in [6.45, 7) is 3.62. The average Bonchev–Trinajstić information content (AvgIpc) is 3.76. The fourth-order valence-electron chi connectivity index (χ4n) is 8.32. The highest BCUT2D eigenvalue weighted by molar-refractivity contribution is 9.10. The number of fused-ring (bicyclic) bond motifs is 3. The van der Waals surface area contributed by atoms with E-state index in [2.05, 4.69) is 37.8 Å². The summed E-state index contributed by atoms with van der Waals surface area (Å²) in [5.41, 5.74) is 5.76. The van der Waals surface area contributed by atoms with Gasteiger partial charge in [-0.15, -0.1) is 0 Å². The molecule has 4 saturated heterocycles. The van der Waals surface area contributed by atoms with E-state index in [4.69, 9.17) is 10.5 Å². The third-order valence-corrected chi connectivity index (χ3v) is 11.6. The lowest BCUT2D eigenvalue weighted by atomic mass is 9.99. The van der Waals surface area contributed by atoms with Crippen LogP contribution in [-0.4, -0.2) is 112 Å². The molecule has 5 heterocycles. The Morgan fingerprint density at radius 2 is 1.65 bits per heavy atom. The Morgan fingerprint density at radius 3 is 2.31 bits per heavy atom. The zero-order valence-electron chi connectivity index (χ0n) is 27.3. The normalized spacial score (nSPS) is 23.4. The van der Waals surface area contributed by atoms with Crippen molar-refractivity contribution in [3.8, 4) is 0 Å². The zero-order valence-corrected chi connectivity index (χ0v) is 28.9. The number of alkyl halides is 3. The molecule has 3 atom stereocenters. The fraction of sp³-hybridized carbons (Fsp3) is 0.559. The molecule has 264 valence electrons. The third-order valence-electron chi connectivity index (χ3n) is 10.9. The van der Waals surface area contributed by atoms with Gasteiger partial charge in [-0.3, -0.25) is 14.3 Å². The lowest BCUT2D eigenvalue weighted by molar-refractivity contribution is -0.142. The number of nitrogens with two attached hydrogens (primary N) is 1. The van der Waals surface area contributed by atoms with E-state index in [-0.39, 0.29) is 28.2 Å². The number of nitrogens with zero attached hydrogens (tertiary/aromatic N) is 5. The minimum Gasteiger partial charge on any atom is -0.436 e. The molecular weight excluding hydrogens is 707 g/mol. The van der Waals surface area contributed by atoms with Crippen molar-refractivity contribution in [3.05, 3.63) is 62.5 Å². The van der Waals surface area contributed by atoms with Gasteiger partial charge < -0.3 is 30.2 Å². The summed E-state index contributed by atoms with van der Waals surface area (Å²) in [5.74, 6) is -0.420. The number of likely N-dealkylation sites (tertiary alicyclic amines) is 4. The lowest BCUT2D eigenvalue weighted by Crippen LogP contribution is -2.54. The van der Waals surface area contributed by atoms with Crippen molar-refractivity contribution in [2.75, 3.05) is 52.0 Å². The van der Waals surface area contributed by atoms with Gasteiger partial charge in [-0.05, 0) is 84.9 Å². The molecule has 3 N–H and O–H groups in total. The van der Waals surface area contributed by atoms with Gasteiger partial charge in [0.25, 0.3) is 5.91 Å². The highest BCUT2D eigenvalue weighted by atomic mass is 79.9. The average molecular weight is 749 g/mol. The van der Waals surface area contributed by atoms with Gasteiger partial charge in [0.2, 0.25) is 0 Å². The van der Waals surface area contributed by atoms with Crippen LogP contribution in [0.5, 0.6) is 0 Å². The van der Waals surface area contributed by atoms with Gasteiger partial charge in [-0.2, -0.15) is 13.2 Å². The number of nitrogens with one attached hydrogen (secondary N) is 1. The number of imidazole rings is 1. The molecule has 2 bridgehead atoms. The molecule has 2 amide bonds. The second-order valence-electron chi connectivity index (χ2n) is 13.9. The number of likely N-dealkylation sites (N-methyl/N-ethyl adjacent to an activating group) is 1. The minimum atomic E-state index is -4.71. The van der Waals surface area contributed by atoms with E-state index in [1.807, 2.05) is 24.3 Å². The summed E-state index contributed by atoms with van der Waals surface area (Å²) < 4.78 is 49.2. The highest BCUT2D eigenvalue weighted by Crippen LogP contribution is 2.39. The van der Waals surface area contributed by atoms with Crippen LogP contribution in [0.4, 0.5) is 23.7 Å². The quantitative estimate of drug-likeness (QED) is 0.358. The van der Waals surface area contributed by atoms with E-state index in [9.17, 15) is 27.6 Å². The molecule has 3 aromatic rings. The first-order valence-corrected chi connectivity index (χ1v) is 17.7. The molecule has 2 unspecified atom stereocenters. The van der Waals surface area contributed by atoms with Crippen LogP contribution in [0, 0.1) is 0 Å². The summed E-state index contributed by atoms with van der Waals surface area (Å²) in [7, 11) is 2.16. The number of hydrogen-bond donors (Lipinski definition) is 2. The predicted molar refractivity (Wildman–Crippen MR) is 181 cm³/mol. The number of benzene rings is 2. The molecule has 0 aliphatic carbocycles. The largest absolute Gasteiger partial charge is 0.436 e. The van der Waals surface area contributed by atoms with Crippen LogP contribution in [0.3, 0.4) is 0 Å². The first-order chi connectivity index (χ1) is 23.4. The summed E-state index contributed by atoms with van der Waals surface area (Å²) in [4.78, 5) is 51.4. The molecule has 4 aliphatic heterocycles. The maximum atomic E-state index is 14.0. The molecule has 49 heavy (non-hydrogen) atoms. The summed E-state index contributed by atoms with van der Waals surface area (Å²) in [6, 6.07) is 11.1. The first kappa shape index (κ1) is 33.9. The molecule has 2 aromatic carbocycles. The number of halogens is 4. The molecule has 11 nitrogen and oxygen atoms in total.